The smallest absolute Gasteiger partial charge is 0.310 e. The molecule has 1 aliphatic rings. The van der Waals surface area contributed by atoms with Crippen molar-refractivity contribution in [3.8, 4) is 23.0 Å². The van der Waals surface area contributed by atoms with Gasteiger partial charge in [-0.05, 0) is 118 Å². The van der Waals surface area contributed by atoms with Crippen LogP contribution in [0.3, 0.4) is 0 Å². The maximum atomic E-state index is 11.8. The van der Waals surface area contributed by atoms with E-state index < -0.39 is 8.32 Å². The lowest BCUT2D eigenvalue weighted by molar-refractivity contribution is -0.139. The molecule has 1 heterocycles. The van der Waals surface area contributed by atoms with Crippen LogP contribution in [0.15, 0.2) is 54.9 Å². The SMILES string of the molecule is CCC(CC)(c1ccc(C#CC2(O[Si](C)(C)C)CCCCCC2)c(C)c1)c1ccc(-c2cncc(CC(=O)OC)c2)c(C)c1. The maximum Gasteiger partial charge on any atom is 0.310 e. The van der Waals surface area contributed by atoms with Gasteiger partial charge >= 0.3 is 5.97 Å². The molecule has 4 nitrogen and oxygen atoms in total. The quantitative estimate of drug-likeness (QED) is 0.105. The fraction of sp³-hybridized carbons (Fsp3) is 0.487. The molecule has 3 aromatic rings. The number of carbonyl (C=O) groups excluding carboxylic acids is 1. The number of methoxy groups -OCH3 is 1. The van der Waals surface area contributed by atoms with Gasteiger partial charge in [-0.2, -0.15) is 0 Å². The number of carbonyl (C=O) groups is 1. The third-order valence-corrected chi connectivity index (χ3v) is 10.3. The molecule has 44 heavy (non-hydrogen) atoms. The monoisotopic (exact) mass is 609 g/mol. The predicted octanol–water partition coefficient (Wildman–Crippen LogP) is 9.48. The van der Waals surface area contributed by atoms with Crippen molar-refractivity contribution in [3.63, 3.8) is 0 Å². The first kappa shape index (κ1) is 33.7. The molecule has 0 saturated heterocycles. The Morgan fingerprint density at radius 3 is 2.11 bits per heavy atom. The molecule has 0 unspecified atom stereocenters. The second-order valence-electron chi connectivity index (χ2n) is 13.6. The van der Waals surface area contributed by atoms with E-state index in [4.69, 9.17) is 9.16 Å². The van der Waals surface area contributed by atoms with Crippen molar-refractivity contribution in [1.82, 2.24) is 4.98 Å². The number of hydrogen-bond acceptors (Lipinski definition) is 4. The van der Waals surface area contributed by atoms with Crippen molar-refractivity contribution in [1.29, 1.82) is 0 Å². The van der Waals surface area contributed by atoms with Crippen molar-refractivity contribution >= 4 is 14.3 Å². The van der Waals surface area contributed by atoms with Crippen molar-refractivity contribution in [2.45, 2.75) is 116 Å². The minimum Gasteiger partial charge on any atom is -0.469 e. The minimum atomic E-state index is -1.74. The highest BCUT2D eigenvalue weighted by atomic mass is 28.4. The third-order valence-electron chi connectivity index (χ3n) is 9.28. The van der Waals surface area contributed by atoms with Crippen LogP contribution in [-0.2, 0) is 25.8 Å². The summed E-state index contributed by atoms with van der Waals surface area (Å²) in [7, 11) is -0.325. The van der Waals surface area contributed by atoms with Crippen molar-refractivity contribution in [3.05, 3.63) is 88.2 Å². The Bertz CT molecular complexity index is 1510. The lowest BCUT2D eigenvalue weighted by Gasteiger charge is -2.35. The normalized spacial score (nSPS) is 15.2. The van der Waals surface area contributed by atoms with Crippen LogP contribution in [0.5, 0.6) is 0 Å². The molecule has 1 fully saturated rings. The molecule has 0 spiro atoms. The number of pyridine rings is 1. The summed E-state index contributed by atoms with van der Waals surface area (Å²) in [5, 5.41) is 0. The topological polar surface area (TPSA) is 48.4 Å². The Morgan fingerprint density at radius 1 is 0.909 bits per heavy atom. The Morgan fingerprint density at radius 2 is 1.55 bits per heavy atom. The second kappa shape index (κ2) is 14.3. The minimum absolute atomic E-state index is 0.103. The molecule has 0 atom stereocenters. The predicted molar refractivity (Wildman–Crippen MR) is 184 cm³/mol. The first-order chi connectivity index (χ1) is 20.9. The average Bonchev–Trinajstić information content (AvgIpc) is 3.22. The molecule has 2 aromatic carbocycles. The molecule has 0 bridgehead atoms. The van der Waals surface area contributed by atoms with Crippen LogP contribution >= 0.6 is 0 Å². The van der Waals surface area contributed by atoms with E-state index in [0.717, 1.165) is 47.9 Å². The van der Waals surface area contributed by atoms with E-state index in [0.29, 0.717) is 0 Å². The van der Waals surface area contributed by atoms with Crippen LogP contribution in [0.25, 0.3) is 11.1 Å². The van der Waals surface area contributed by atoms with Gasteiger partial charge < -0.3 is 9.16 Å². The molecule has 4 rings (SSSR count). The number of aromatic nitrogens is 1. The Hall–Kier alpha value is -3.20. The van der Waals surface area contributed by atoms with Gasteiger partial charge in [0, 0.05) is 28.9 Å². The van der Waals surface area contributed by atoms with Crippen LogP contribution in [-0.4, -0.2) is 32.0 Å². The fourth-order valence-electron chi connectivity index (χ4n) is 6.91. The number of esters is 1. The standard InChI is InChI=1S/C39H51NO3Si/c1-9-39(10-2,35-17-18-36(30(4)24-35)33-25-31(27-40-28-33)26-37(41)42-5)34-16-15-32(29(3)23-34)19-22-38(43-44(6,7)8)20-13-11-12-14-21-38/h15-18,23-25,27-28H,9-14,20-21,26H2,1-8H3. The van der Waals surface area contributed by atoms with E-state index in [9.17, 15) is 4.79 Å². The van der Waals surface area contributed by atoms with Gasteiger partial charge in [-0.25, -0.2) is 0 Å². The maximum absolute atomic E-state index is 11.8. The van der Waals surface area contributed by atoms with Gasteiger partial charge in [-0.15, -0.1) is 0 Å². The van der Waals surface area contributed by atoms with Crippen LogP contribution in [0, 0.1) is 25.7 Å². The summed E-state index contributed by atoms with van der Waals surface area (Å²) in [5.41, 5.74) is 8.75. The van der Waals surface area contributed by atoms with Crippen LogP contribution in [0.1, 0.15) is 98.6 Å². The van der Waals surface area contributed by atoms with Crippen molar-refractivity contribution in [2.75, 3.05) is 7.11 Å². The summed E-state index contributed by atoms with van der Waals surface area (Å²) in [5.74, 6) is 7.02. The molecule has 1 saturated carbocycles. The number of hydrogen-bond donors (Lipinski definition) is 0. The molecule has 5 heteroatoms. The summed E-state index contributed by atoms with van der Waals surface area (Å²) in [6.07, 6.45) is 12.8. The number of aryl methyl sites for hydroxylation is 2. The van der Waals surface area contributed by atoms with Crippen LogP contribution in [0.4, 0.5) is 0 Å². The number of ether oxygens (including phenoxy) is 1. The first-order valence-corrected chi connectivity index (χ1v) is 19.8. The molecule has 0 amide bonds. The Balaban J connectivity index is 1.67. The van der Waals surface area contributed by atoms with Gasteiger partial charge in [0.05, 0.1) is 13.5 Å². The average molecular weight is 610 g/mol. The van der Waals surface area contributed by atoms with Crippen LogP contribution in [0.2, 0.25) is 19.6 Å². The van der Waals surface area contributed by atoms with Crippen molar-refractivity contribution in [2.24, 2.45) is 0 Å². The number of benzene rings is 2. The van der Waals surface area contributed by atoms with Gasteiger partial charge in [0.25, 0.3) is 0 Å². The highest BCUT2D eigenvalue weighted by molar-refractivity contribution is 6.69. The van der Waals surface area contributed by atoms with Gasteiger partial charge in [0.15, 0.2) is 8.32 Å². The fourth-order valence-corrected chi connectivity index (χ4v) is 8.34. The van der Waals surface area contributed by atoms with Gasteiger partial charge in [0.2, 0.25) is 0 Å². The molecule has 1 aliphatic carbocycles. The van der Waals surface area contributed by atoms with Gasteiger partial charge in [0.1, 0.15) is 5.60 Å². The molecule has 0 N–H and O–H groups in total. The molecular formula is C39H51NO3Si. The molecular weight excluding hydrogens is 559 g/mol. The number of nitrogens with zero attached hydrogens (tertiary/aromatic N) is 1. The summed E-state index contributed by atoms with van der Waals surface area (Å²) >= 11 is 0. The van der Waals surface area contributed by atoms with Crippen molar-refractivity contribution < 1.29 is 14.0 Å². The summed E-state index contributed by atoms with van der Waals surface area (Å²) in [4.78, 5) is 16.2. The van der Waals surface area contributed by atoms with Gasteiger partial charge in [-0.3, -0.25) is 9.78 Å². The lowest BCUT2D eigenvalue weighted by atomic mass is 9.69. The largest absolute Gasteiger partial charge is 0.469 e. The Labute approximate surface area is 267 Å². The Kier molecular flexibility index (Phi) is 10.9. The van der Waals surface area contributed by atoms with E-state index >= 15 is 0 Å². The first-order valence-electron chi connectivity index (χ1n) is 16.4. The van der Waals surface area contributed by atoms with E-state index in [1.807, 2.05) is 12.3 Å². The van der Waals surface area contributed by atoms with Gasteiger partial charge in [-0.1, -0.05) is 68.9 Å². The van der Waals surface area contributed by atoms with E-state index in [2.05, 4.69) is 101 Å². The number of rotatable bonds is 9. The molecule has 234 valence electrons. The zero-order chi connectivity index (χ0) is 32.0. The highest BCUT2D eigenvalue weighted by Crippen LogP contribution is 2.41. The van der Waals surface area contributed by atoms with E-state index in [1.165, 1.54) is 55.0 Å². The summed E-state index contributed by atoms with van der Waals surface area (Å²) in [6, 6.07) is 15.7. The zero-order valence-corrected chi connectivity index (χ0v) is 29.2. The summed E-state index contributed by atoms with van der Waals surface area (Å²) < 4.78 is 11.6. The molecule has 1 aromatic heterocycles. The van der Waals surface area contributed by atoms with E-state index in [1.54, 1.807) is 6.20 Å². The molecule has 0 radical (unpaired) electrons. The third kappa shape index (κ3) is 7.89. The summed E-state index contributed by atoms with van der Waals surface area (Å²) in [6.45, 7) is 15.8. The zero-order valence-electron chi connectivity index (χ0n) is 28.2. The van der Waals surface area contributed by atoms with Crippen LogP contribution < -0.4 is 0 Å². The lowest BCUT2D eigenvalue weighted by Crippen LogP contribution is -2.41. The second-order valence-corrected chi connectivity index (χ2v) is 18.0. The highest BCUT2D eigenvalue weighted by Gasteiger charge is 2.35. The van der Waals surface area contributed by atoms with E-state index in [-0.39, 0.29) is 23.4 Å². The molecule has 0 aliphatic heterocycles.